The Kier molecular flexibility index (Phi) is 6.50. The summed E-state index contributed by atoms with van der Waals surface area (Å²) in [5.74, 6) is 1.02. The van der Waals surface area contributed by atoms with Crippen molar-refractivity contribution in [2.24, 2.45) is 0 Å². The molecule has 4 N–H and O–H groups in total. The van der Waals surface area contributed by atoms with Gasteiger partial charge in [0.25, 0.3) is 5.56 Å². The lowest BCUT2D eigenvalue weighted by Crippen LogP contribution is -2.21. The van der Waals surface area contributed by atoms with Crippen LogP contribution in [0.2, 0.25) is 0 Å². The first-order valence-corrected chi connectivity index (χ1v) is 13.3. The van der Waals surface area contributed by atoms with Gasteiger partial charge in [0.15, 0.2) is 11.4 Å². The standard InChI is InChI=1S/C28H21N7O4S/c1-40-17-8-6-16(7-9-17)35-23(14-24(36)34-35)32-28(38)31-20-10-11-21(19-5-3-2-4-18(19)20)39-22-12-13-29-27-26(22)30-15-25(37)33-27/h2-15H,1H3,(H,34,36)(H,29,33,37)(H2,31,32,38). The monoisotopic (exact) mass is 551 g/mol. The second kappa shape index (κ2) is 10.4. The van der Waals surface area contributed by atoms with Crippen molar-refractivity contribution >= 4 is 51.2 Å². The smallest absolute Gasteiger partial charge is 0.324 e. The van der Waals surface area contributed by atoms with Crippen molar-refractivity contribution in [1.29, 1.82) is 0 Å². The number of hydrogen-bond donors (Lipinski definition) is 4. The number of nitrogens with one attached hydrogen (secondary N) is 3. The molecule has 12 heteroatoms. The molecule has 2 amide bonds. The Bertz CT molecular complexity index is 1940. The van der Waals surface area contributed by atoms with Crippen molar-refractivity contribution in [2.75, 3.05) is 16.9 Å². The van der Waals surface area contributed by atoms with Crippen LogP contribution in [0.25, 0.3) is 27.6 Å². The van der Waals surface area contributed by atoms with Crippen LogP contribution in [0.15, 0.2) is 94.9 Å². The summed E-state index contributed by atoms with van der Waals surface area (Å²) >= 11 is 1.61. The molecule has 0 spiro atoms. The van der Waals surface area contributed by atoms with Crippen molar-refractivity contribution in [3.8, 4) is 23.1 Å². The maximum Gasteiger partial charge on any atom is 0.324 e. The number of aromatic nitrogens is 5. The summed E-state index contributed by atoms with van der Waals surface area (Å²) in [5, 5.41) is 21.2. The number of urea groups is 1. The number of hydrogen-bond acceptors (Lipinski definition) is 8. The van der Waals surface area contributed by atoms with E-state index in [0.29, 0.717) is 39.9 Å². The van der Waals surface area contributed by atoms with Crippen LogP contribution in [0.5, 0.6) is 17.4 Å². The van der Waals surface area contributed by atoms with Gasteiger partial charge in [0.2, 0.25) is 5.88 Å². The number of nitrogens with zero attached hydrogens (tertiary/aromatic N) is 4. The van der Waals surface area contributed by atoms with Gasteiger partial charge in [-0.3, -0.25) is 10.1 Å². The Morgan fingerprint density at radius 2 is 1.77 bits per heavy atom. The third kappa shape index (κ3) is 4.90. The number of carbonyl (C=O) groups excluding carboxylic acids is 1. The molecule has 40 heavy (non-hydrogen) atoms. The Morgan fingerprint density at radius 3 is 2.58 bits per heavy atom. The molecular weight excluding hydrogens is 530 g/mol. The van der Waals surface area contributed by atoms with E-state index in [1.165, 1.54) is 23.1 Å². The number of benzene rings is 3. The Balaban J connectivity index is 1.27. The average molecular weight is 552 g/mol. The van der Waals surface area contributed by atoms with E-state index in [9.17, 15) is 14.7 Å². The van der Waals surface area contributed by atoms with Gasteiger partial charge in [0.05, 0.1) is 17.6 Å². The molecule has 0 saturated heterocycles. The minimum atomic E-state index is -0.519. The zero-order chi connectivity index (χ0) is 27.6. The van der Waals surface area contributed by atoms with Crippen molar-refractivity contribution in [2.45, 2.75) is 4.90 Å². The average Bonchev–Trinajstić information content (AvgIpc) is 3.33. The number of ether oxygens (including phenoxy) is 1. The molecule has 0 radical (unpaired) electrons. The minimum Gasteiger partial charge on any atom is -0.492 e. The fraction of sp³-hybridized carbons (Fsp3) is 0.0357. The normalized spacial score (nSPS) is 11.0. The van der Waals surface area contributed by atoms with Crippen LogP contribution in [0.4, 0.5) is 16.3 Å². The number of H-pyrrole nitrogens is 1. The lowest BCUT2D eigenvalue weighted by molar-refractivity contribution is 0.262. The molecule has 0 aliphatic carbocycles. The van der Waals surface area contributed by atoms with Crippen LogP contribution in [-0.2, 0) is 0 Å². The molecule has 0 fully saturated rings. The molecule has 0 bridgehead atoms. The Morgan fingerprint density at radius 1 is 0.975 bits per heavy atom. The van der Waals surface area contributed by atoms with E-state index in [0.717, 1.165) is 15.7 Å². The molecule has 11 nitrogen and oxygen atoms in total. The molecule has 3 aromatic heterocycles. The first-order chi connectivity index (χ1) is 19.5. The lowest BCUT2D eigenvalue weighted by atomic mass is 10.1. The Labute approximate surface area is 230 Å². The van der Waals surface area contributed by atoms with Gasteiger partial charge in [-0.1, -0.05) is 24.3 Å². The number of carbonyl (C=O) groups is 1. The van der Waals surface area contributed by atoms with Gasteiger partial charge in [0, 0.05) is 34.0 Å². The highest BCUT2D eigenvalue weighted by Gasteiger charge is 2.15. The van der Waals surface area contributed by atoms with Gasteiger partial charge in [-0.15, -0.1) is 16.9 Å². The number of thioether (sulfide) groups is 1. The highest BCUT2D eigenvalue weighted by atomic mass is 32.2. The molecule has 6 aromatic rings. The predicted octanol–water partition coefficient (Wildman–Crippen LogP) is 5.52. The van der Waals surface area contributed by atoms with Gasteiger partial charge in [-0.2, -0.15) is 0 Å². The number of rotatable bonds is 6. The number of anilines is 2. The fourth-order valence-corrected chi connectivity index (χ4v) is 4.65. The van der Waals surface area contributed by atoms with Crippen molar-refractivity contribution < 1.29 is 14.6 Å². The predicted molar refractivity (Wildman–Crippen MR) is 154 cm³/mol. The highest BCUT2D eigenvalue weighted by molar-refractivity contribution is 7.98. The molecule has 0 unspecified atom stereocenters. The van der Waals surface area contributed by atoms with Crippen LogP contribution in [0, 0.1) is 0 Å². The highest BCUT2D eigenvalue weighted by Crippen LogP contribution is 2.36. The number of aromatic hydroxyl groups is 1. The van der Waals surface area contributed by atoms with Gasteiger partial charge in [-0.25, -0.2) is 19.4 Å². The number of amides is 2. The third-order valence-electron chi connectivity index (χ3n) is 6.05. The van der Waals surface area contributed by atoms with E-state index in [4.69, 9.17) is 4.74 Å². The molecule has 198 valence electrons. The summed E-state index contributed by atoms with van der Waals surface area (Å²) in [6.45, 7) is 0. The van der Waals surface area contributed by atoms with E-state index in [2.05, 4.69) is 30.7 Å². The third-order valence-corrected chi connectivity index (χ3v) is 6.79. The second-order valence-electron chi connectivity index (χ2n) is 8.59. The summed E-state index contributed by atoms with van der Waals surface area (Å²) in [5.41, 5.74) is 1.60. The molecule has 0 aliphatic rings. The number of aromatic amines is 1. The molecule has 0 aliphatic heterocycles. The number of pyridine rings is 1. The van der Waals surface area contributed by atoms with Gasteiger partial charge >= 0.3 is 6.03 Å². The van der Waals surface area contributed by atoms with Crippen molar-refractivity contribution in [3.05, 3.63) is 95.5 Å². The molecule has 0 saturated carbocycles. The zero-order valence-corrected chi connectivity index (χ0v) is 21.8. The lowest BCUT2D eigenvalue weighted by Gasteiger charge is -2.14. The minimum absolute atomic E-state index is 0.224. The first-order valence-electron chi connectivity index (χ1n) is 12.0. The van der Waals surface area contributed by atoms with Crippen LogP contribution < -0.4 is 20.9 Å². The quantitative estimate of drug-likeness (QED) is 0.198. The summed E-state index contributed by atoms with van der Waals surface area (Å²) in [7, 11) is 0. The summed E-state index contributed by atoms with van der Waals surface area (Å²) in [6.07, 6.45) is 4.68. The topological polar surface area (TPSA) is 147 Å². The maximum atomic E-state index is 13.0. The molecule has 3 aromatic carbocycles. The van der Waals surface area contributed by atoms with Crippen LogP contribution in [-0.4, -0.2) is 42.1 Å². The van der Waals surface area contributed by atoms with Crippen LogP contribution >= 0.6 is 11.8 Å². The van der Waals surface area contributed by atoms with Gasteiger partial charge < -0.3 is 20.1 Å². The SMILES string of the molecule is CSc1ccc(-n2nc(O)cc2NC(=O)Nc2ccc(Oc3ccnc4[nH]c(=O)cnc34)c3ccccc23)cc1. The largest absolute Gasteiger partial charge is 0.492 e. The fourth-order valence-electron chi connectivity index (χ4n) is 4.24. The second-order valence-corrected chi connectivity index (χ2v) is 9.47. The first kappa shape index (κ1) is 24.9. The maximum absolute atomic E-state index is 13.0. The van der Waals surface area contributed by atoms with E-state index in [1.807, 2.05) is 54.8 Å². The molecule has 0 atom stereocenters. The van der Waals surface area contributed by atoms with Gasteiger partial charge in [0.1, 0.15) is 17.1 Å². The van der Waals surface area contributed by atoms with Crippen LogP contribution in [0.3, 0.4) is 0 Å². The van der Waals surface area contributed by atoms with Crippen LogP contribution in [0.1, 0.15) is 0 Å². The van der Waals surface area contributed by atoms with E-state index >= 15 is 0 Å². The van der Waals surface area contributed by atoms with E-state index < -0.39 is 6.03 Å². The van der Waals surface area contributed by atoms with E-state index in [1.54, 1.807) is 30.0 Å². The van der Waals surface area contributed by atoms with Crippen molar-refractivity contribution in [3.63, 3.8) is 0 Å². The zero-order valence-electron chi connectivity index (χ0n) is 21.0. The Hall–Kier alpha value is -5.36. The van der Waals surface area contributed by atoms with Crippen molar-refractivity contribution in [1.82, 2.24) is 24.7 Å². The summed E-state index contributed by atoms with van der Waals surface area (Å²) < 4.78 is 7.64. The van der Waals surface area contributed by atoms with E-state index in [-0.39, 0.29) is 11.4 Å². The van der Waals surface area contributed by atoms with Gasteiger partial charge in [-0.05, 0) is 42.7 Å². The molecule has 3 heterocycles. The summed E-state index contributed by atoms with van der Waals surface area (Å²) in [4.78, 5) is 36.7. The summed E-state index contributed by atoms with van der Waals surface area (Å²) in [6, 6.07) is 21.0. The molecule has 6 rings (SSSR count). The molecular formula is C28H21N7O4S. The number of fused-ring (bicyclic) bond motifs is 2.